The van der Waals surface area contributed by atoms with Crippen LogP contribution in [0, 0.1) is 5.82 Å². The first-order valence-corrected chi connectivity index (χ1v) is 14.5. The van der Waals surface area contributed by atoms with Crippen LogP contribution in [0.2, 0.25) is 0 Å². The predicted octanol–water partition coefficient (Wildman–Crippen LogP) is 4.13. The molecule has 0 aliphatic carbocycles. The summed E-state index contributed by atoms with van der Waals surface area (Å²) in [6.45, 7) is 0.580. The summed E-state index contributed by atoms with van der Waals surface area (Å²) in [4.78, 5) is 16.5. The molecule has 0 radical (unpaired) electrons. The van der Waals surface area contributed by atoms with Crippen molar-refractivity contribution in [2.75, 3.05) is 47.1 Å². The number of carbonyl (C=O) groups is 1. The van der Waals surface area contributed by atoms with E-state index in [4.69, 9.17) is 14.2 Å². The maximum absolute atomic E-state index is 14.2. The molecule has 8 nitrogen and oxygen atoms in total. The van der Waals surface area contributed by atoms with E-state index in [1.165, 1.54) is 35.7 Å². The Hall–Kier alpha value is -2.99. The first kappa shape index (κ1) is 28.0. The molecule has 1 amide bonds. The van der Waals surface area contributed by atoms with Gasteiger partial charge in [0, 0.05) is 31.7 Å². The average Bonchev–Trinajstić information content (AvgIpc) is 3.41. The molecule has 0 bridgehead atoms. The fraction of sp³-hybridized carbons (Fsp3) is 0.370. The lowest BCUT2D eigenvalue weighted by Crippen LogP contribution is -2.48. The second kappa shape index (κ2) is 12.7. The van der Waals surface area contributed by atoms with Crippen LogP contribution in [-0.2, 0) is 26.0 Å². The van der Waals surface area contributed by atoms with E-state index in [-0.39, 0.29) is 36.2 Å². The molecule has 11 heteroatoms. The van der Waals surface area contributed by atoms with Gasteiger partial charge < -0.3 is 19.1 Å². The molecule has 4 rings (SSSR count). The van der Waals surface area contributed by atoms with E-state index in [0.717, 1.165) is 10.4 Å². The molecule has 1 unspecified atom stereocenters. The SMILES string of the molecule is COCCCN(CC(=O)N1CCc2sccc2C1COc1ccccc1F)S(=O)(=O)c1ccc(OC)cc1. The first-order valence-electron chi connectivity index (χ1n) is 12.2. The summed E-state index contributed by atoms with van der Waals surface area (Å²) in [6.07, 6.45) is 1.08. The Kier molecular flexibility index (Phi) is 9.37. The molecule has 0 saturated heterocycles. The summed E-state index contributed by atoms with van der Waals surface area (Å²) >= 11 is 1.60. The third-order valence-corrected chi connectivity index (χ3v) is 9.27. The monoisotopic (exact) mass is 562 g/mol. The van der Waals surface area contributed by atoms with Crippen LogP contribution in [0.5, 0.6) is 11.5 Å². The number of ether oxygens (including phenoxy) is 3. The second-order valence-electron chi connectivity index (χ2n) is 8.75. The number of fused-ring (bicyclic) bond motifs is 1. The second-order valence-corrected chi connectivity index (χ2v) is 11.7. The number of benzene rings is 2. The van der Waals surface area contributed by atoms with Crippen molar-refractivity contribution in [3.63, 3.8) is 0 Å². The van der Waals surface area contributed by atoms with E-state index in [1.807, 2.05) is 11.4 Å². The summed E-state index contributed by atoms with van der Waals surface area (Å²) < 4.78 is 58.5. The molecule has 3 aromatic rings. The number of para-hydroxylation sites is 1. The van der Waals surface area contributed by atoms with Gasteiger partial charge in [-0.1, -0.05) is 12.1 Å². The molecule has 0 saturated carbocycles. The van der Waals surface area contributed by atoms with E-state index in [0.29, 0.717) is 31.7 Å². The van der Waals surface area contributed by atoms with E-state index < -0.39 is 21.9 Å². The maximum atomic E-state index is 14.2. The topological polar surface area (TPSA) is 85.4 Å². The molecule has 38 heavy (non-hydrogen) atoms. The van der Waals surface area contributed by atoms with Crippen LogP contribution in [0.1, 0.15) is 22.9 Å². The molecule has 0 fully saturated rings. The lowest BCUT2D eigenvalue weighted by atomic mass is 10.0. The summed E-state index contributed by atoms with van der Waals surface area (Å²) in [5.74, 6) is -0.200. The summed E-state index contributed by atoms with van der Waals surface area (Å²) in [5, 5.41) is 1.96. The zero-order valence-corrected chi connectivity index (χ0v) is 23.0. The number of sulfonamides is 1. The smallest absolute Gasteiger partial charge is 0.243 e. The van der Waals surface area contributed by atoms with Gasteiger partial charge in [-0.25, -0.2) is 12.8 Å². The normalized spacial score (nSPS) is 15.4. The fourth-order valence-corrected chi connectivity index (χ4v) is 6.77. The van der Waals surface area contributed by atoms with Crippen LogP contribution in [-0.4, -0.2) is 70.6 Å². The van der Waals surface area contributed by atoms with Gasteiger partial charge in [-0.2, -0.15) is 4.31 Å². The van der Waals surface area contributed by atoms with Crippen molar-refractivity contribution < 1.29 is 31.8 Å². The maximum Gasteiger partial charge on any atom is 0.243 e. The minimum Gasteiger partial charge on any atom is -0.497 e. The van der Waals surface area contributed by atoms with Crippen molar-refractivity contribution in [2.45, 2.75) is 23.8 Å². The summed E-state index contributed by atoms with van der Waals surface area (Å²) in [7, 11) is -0.928. The quantitative estimate of drug-likeness (QED) is 0.309. The highest BCUT2D eigenvalue weighted by Crippen LogP contribution is 2.34. The Bertz CT molecular complexity index is 1330. The molecule has 1 aromatic heterocycles. The van der Waals surface area contributed by atoms with Crippen molar-refractivity contribution in [1.29, 1.82) is 0 Å². The van der Waals surface area contributed by atoms with Gasteiger partial charge in [-0.15, -0.1) is 11.3 Å². The molecule has 1 aliphatic rings. The average molecular weight is 563 g/mol. The minimum absolute atomic E-state index is 0.0469. The van der Waals surface area contributed by atoms with Crippen LogP contribution in [0.3, 0.4) is 0 Å². The number of halogens is 1. The van der Waals surface area contributed by atoms with E-state index in [2.05, 4.69) is 0 Å². The standard InChI is InChI=1S/C27H31FN2O6S2/c1-34-16-5-14-29(38(32,33)21-10-8-20(35-2)9-11-21)18-27(31)30-15-12-26-22(13-17-37-26)24(30)19-36-25-7-4-3-6-23(25)28/h3-4,6-11,13,17,24H,5,12,14-16,18-19H2,1-2H3. The zero-order valence-electron chi connectivity index (χ0n) is 21.3. The molecular weight excluding hydrogens is 531 g/mol. The predicted molar refractivity (Wildman–Crippen MR) is 143 cm³/mol. The number of rotatable bonds is 12. The Balaban J connectivity index is 1.57. The van der Waals surface area contributed by atoms with Crippen LogP contribution in [0.15, 0.2) is 64.9 Å². The third-order valence-electron chi connectivity index (χ3n) is 6.41. The Morgan fingerprint density at radius 3 is 2.61 bits per heavy atom. The van der Waals surface area contributed by atoms with E-state index >= 15 is 0 Å². The minimum atomic E-state index is -3.97. The van der Waals surface area contributed by atoms with Gasteiger partial charge in [0.1, 0.15) is 12.4 Å². The molecule has 1 atom stereocenters. The number of amides is 1. The fourth-order valence-electron chi connectivity index (χ4n) is 4.41. The Labute approximate surface area is 226 Å². The van der Waals surface area contributed by atoms with E-state index in [9.17, 15) is 17.6 Å². The largest absolute Gasteiger partial charge is 0.497 e. The first-order chi connectivity index (χ1) is 18.3. The molecular formula is C27H31FN2O6S2. The molecule has 0 N–H and O–H groups in total. The van der Waals surface area contributed by atoms with Crippen LogP contribution >= 0.6 is 11.3 Å². The Morgan fingerprint density at radius 1 is 1.13 bits per heavy atom. The molecule has 2 aromatic carbocycles. The number of hydrogen-bond acceptors (Lipinski definition) is 7. The number of hydrogen-bond donors (Lipinski definition) is 0. The highest BCUT2D eigenvalue weighted by Gasteiger charge is 2.35. The van der Waals surface area contributed by atoms with Crippen LogP contribution in [0.4, 0.5) is 4.39 Å². The van der Waals surface area contributed by atoms with Crippen molar-refractivity contribution in [2.24, 2.45) is 0 Å². The zero-order chi connectivity index (χ0) is 27.1. The van der Waals surface area contributed by atoms with Gasteiger partial charge in [0.2, 0.25) is 15.9 Å². The lowest BCUT2D eigenvalue weighted by molar-refractivity contribution is -0.135. The Morgan fingerprint density at radius 2 is 1.89 bits per heavy atom. The molecule has 1 aliphatic heterocycles. The van der Waals surface area contributed by atoms with Gasteiger partial charge >= 0.3 is 0 Å². The van der Waals surface area contributed by atoms with Crippen LogP contribution in [0.25, 0.3) is 0 Å². The van der Waals surface area contributed by atoms with E-state index in [1.54, 1.807) is 47.6 Å². The lowest BCUT2D eigenvalue weighted by Gasteiger charge is -2.37. The van der Waals surface area contributed by atoms with Gasteiger partial charge in [0.25, 0.3) is 0 Å². The van der Waals surface area contributed by atoms with Crippen LogP contribution < -0.4 is 9.47 Å². The van der Waals surface area contributed by atoms with Gasteiger partial charge in [0.15, 0.2) is 11.6 Å². The number of nitrogens with zero attached hydrogens (tertiary/aromatic N) is 2. The highest BCUT2D eigenvalue weighted by atomic mass is 32.2. The van der Waals surface area contributed by atoms with Gasteiger partial charge in [0.05, 0.1) is 24.6 Å². The van der Waals surface area contributed by atoms with Crippen molar-refractivity contribution in [3.8, 4) is 11.5 Å². The van der Waals surface area contributed by atoms with Crippen molar-refractivity contribution >= 4 is 27.3 Å². The van der Waals surface area contributed by atoms with Crippen molar-refractivity contribution in [3.05, 3.63) is 76.2 Å². The summed E-state index contributed by atoms with van der Waals surface area (Å²) in [5.41, 5.74) is 0.940. The molecule has 204 valence electrons. The van der Waals surface area contributed by atoms with Crippen molar-refractivity contribution in [1.82, 2.24) is 9.21 Å². The number of thiophene rings is 1. The number of carbonyl (C=O) groups excluding carboxylic acids is 1. The van der Waals surface area contributed by atoms with Gasteiger partial charge in [-0.05, 0) is 66.2 Å². The third kappa shape index (κ3) is 6.35. The molecule has 2 heterocycles. The molecule has 0 spiro atoms. The number of methoxy groups -OCH3 is 2. The summed E-state index contributed by atoms with van der Waals surface area (Å²) in [6, 6.07) is 13.7. The highest BCUT2D eigenvalue weighted by molar-refractivity contribution is 7.89. The van der Waals surface area contributed by atoms with Gasteiger partial charge in [-0.3, -0.25) is 4.79 Å².